The third kappa shape index (κ3) is 2.10. The van der Waals surface area contributed by atoms with E-state index in [1.807, 2.05) is 18.2 Å². The van der Waals surface area contributed by atoms with Gasteiger partial charge in [0.15, 0.2) is 11.5 Å². The quantitative estimate of drug-likeness (QED) is 0.845. The van der Waals surface area contributed by atoms with Crippen LogP contribution in [0.4, 0.5) is 0 Å². The van der Waals surface area contributed by atoms with E-state index < -0.39 is 5.60 Å². The first-order valence-electron chi connectivity index (χ1n) is 7.03. The largest absolute Gasteiger partial charge is 0.486 e. The van der Waals surface area contributed by atoms with E-state index in [1.54, 1.807) is 0 Å². The number of ether oxygens (including phenoxy) is 2. The predicted molar refractivity (Wildman–Crippen MR) is 73.5 cm³/mol. The Bertz CT molecular complexity index is 495. The molecule has 0 amide bonds. The number of fused-ring (bicyclic) bond motifs is 1. The van der Waals surface area contributed by atoms with Crippen LogP contribution >= 0.6 is 0 Å². The molecule has 1 saturated carbocycles. The zero-order valence-corrected chi connectivity index (χ0v) is 11.9. The Hall–Kier alpha value is -1.22. The summed E-state index contributed by atoms with van der Waals surface area (Å²) in [5.74, 6) is 1.79. The molecule has 1 aromatic carbocycles. The lowest BCUT2D eigenvalue weighted by Gasteiger charge is -2.30. The van der Waals surface area contributed by atoms with Crippen molar-refractivity contribution in [2.75, 3.05) is 13.2 Å². The number of aliphatic hydroxyl groups is 1. The molecule has 3 rings (SSSR count). The number of benzene rings is 1. The normalized spacial score (nSPS) is 32.3. The summed E-state index contributed by atoms with van der Waals surface area (Å²) in [6, 6.07) is 5.84. The summed E-state index contributed by atoms with van der Waals surface area (Å²) in [7, 11) is 0. The minimum Gasteiger partial charge on any atom is -0.486 e. The van der Waals surface area contributed by atoms with E-state index in [0.29, 0.717) is 13.2 Å². The maximum absolute atomic E-state index is 11.1. The van der Waals surface area contributed by atoms with Crippen LogP contribution < -0.4 is 9.47 Å². The summed E-state index contributed by atoms with van der Waals surface area (Å²) in [5.41, 5.74) is 0.385. The maximum Gasteiger partial charge on any atom is 0.161 e. The number of hydrogen-bond acceptors (Lipinski definition) is 3. The van der Waals surface area contributed by atoms with Crippen molar-refractivity contribution in [1.29, 1.82) is 0 Å². The molecule has 19 heavy (non-hydrogen) atoms. The molecule has 1 aliphatic heterocycles. The van der Waals surface area contributed by atoms with E-state index in [4.69, 9.17) is 9.47 Å². The van der Waals surface area contributed by atoms with Gasteiger partial charge in [-0.15, -0.1) is 0 Å². The molecule has 1 aliphatic carbocycles. The molecule has 0 aromatic heterocycles. The molecule has 0 saturated heterocycles. The smallest absolute Gasteiger partial charge is 0.161 e. The molecule has 104 valence electrons. The first-order valence-corrected chi connectivity index (χ1v) is 7.03. The van der Waals surface area contributed by atoms with Gasteiger partial charge in [0.25, 0.3) is 0 Å². The van der Waals surface area contributed by atoms with Crippen molar-refractivity contribution in [2.24, 2.45) is 11.3 Å². The van der Waals surface area contributed by atoms with Gasteiger partial charge in [-0.3, -0.25) is 0 Å². The Balaban J connectivity index is 1.98. The lowest BCUT2D eigenvalue weighted by atomic mass is 9.83. The zero-order valence-electron chi connectivity index (χ0n) is 11.9. The van der Waals surface area contributed by atoms with Gasteiger partial charge >= 0.3 is 0 Å². The molecule has 2 aliphatic rings. The average molecular weight is 262 g/mol. The van der Waals surface area contributed by atoms with Crippen LogP contribution in [0, 0.1) is 11.3 Å². The standard InChI is InChI=1S/C16H22O3/c1-11-9-15(2,3)10-16(11,17)12-4-5-13-14(8-12)19-7-6-18-13/h4-5,8,11,17H,6-7,9-10H2,1-3H3. The van der Waals surface area contributed by atoms with Gasteiger partial charge < -0.3 is 14.6 Å². The van der Waals surface area contributed by atoms with Crippen molar-refractivity contribution in [2.45, 2.75) is 39.2 Å². The number of hydrogen-bond donors (Lipinski definition) is 1. The second-order valence-electron chi connectivity index (χ2n) is 6.73. The summed E-state index contributed by atoms with van der Waals surface area (Å²) in [5, 5.41) is 11.1. The van der Waals surface area contributed by atoms with Crippen LogP contribution in [-0.4, -0.2) is 18.3 Å². The molecular formula is C16H22O3. The monoisotopic (exact) mass is 262 g/mol. The van der Waals surface area contributed by atoms with Gasteiger partial charge in [-0.05, 0) is 41.9 Å². The first-order chi connectivity index (χ1) is 8.91. The molecule has 1 fully saturated rings. The Morgan fingerprint density at radius 3 is 2.47 bits per heavy atom. The second-order valence-corrected chi connectivity index (χ2v) is 6.73. The maximum atomic E-state index is 11.1. The molecule has 2 unspecified atom stereocenters. The van der Waals surface area contributed by atoms with Gasteiger partial charge in [0.1, 0.15) is 13.2 Å². The summed E-state index contributed by atoms with van der Waals surface area (Å²) in [6.45, 7) is 7.75. The van der Waals surface area contributed by atoms with Crippen LogP contribution in [0.5, 0.6) is 11.5 Å². The van der Waals surface area contributed by atoms with Crippen molar-refractivity contribution in [3.63, 3.8) is 0 Å². The van der Waals surface area contributed by atoms with Crippen LogP contribution in [0.1, 0.15) is 39.2 Å². The fraction of sp³-hybridized carbons (Fsp3) is 0.625. The van der Waals surface area contributed by atoms with Gasteiger partial charge in [-0.2, -0.15) is 0 Å². The molecule has 0 bridgehead atoms. The summed E-state index contributed by atoms with van der Waals surface area (Å²) in [4.78, 5) is 0. The molecule has 3 heteroatoms. The van der Waals surface area contributed by atoms with Crippen LogP contribution in [-0.2, 0) is 5.60 Å². The Kier molecular flexibility index (Phi) is 2.79. The fourth-order valence-electron chi connectivity index (χ4n) is 3.67. The van der Waals surface area contributed by atoms with Crippen molar-refractivity contribution in [3.8, 4) is 11.5 Å². The van der Waals surface area contributed by atoms with Crippen LogP contribution in [0.3, 0.4) is 0 Å². The predicted octanol–water partition coefficient (Wildman–Crippen LogP) is 3.10. The van der Waals surface area contributed by atoms with Crippen LogP contribution in [0.2, 0.25) is 0 Å². The highest BCUT2D eigenvalue weighted by Crippen LogP contribution is 2.53. The van der Waals surface area contributed by atoms with Gasteiger partial charge in [0.2, 0.25) is 0 Å². The molecule has 2 atom stereocenters. The Labute approximate surface area is 114 Å². The van der Waals surface area contributed by atoms with Gasteiger partial charge in [-0.1, -0.05) is 26.8 Å². The molecule has 0 spiro atoms. The van der Waals surface area contributed by atoms with Crippen LogP contribution in [0.25, 0.3) is 0 Å². The van der Waals surface area contributed by atoms with Crippen molar-refractivity contribution in [3.05, 3.63) is 23.8 Å². The van der Waals surface area contributed by atoms with E-state index >= 15 is 0 Å². The molecule has 1 aromatic rings. The average Bonchev–Trinajstić information content (AvgIpc) is 2.58. The summed E-state index contributed by atoms with van der Waals surface area (Å²) < 4.78 is 11.2. The van der Waals surface area contributed by atoms with Gasteiger partial charge in [0.05, 0.1) is 5.60 Å². The Morgan fingerprint density at radius 1 is 1.16 bits per heavy atom. The van der Waals surface area contributed by atoms with Crippen molar-refractivity contribution >= 4 is 0 Å². The van der Waals surface area contributed by atoms with E-state index in [-0.39, 0.29) is 11.3 Å². The highest BCUT2D eigenvalue weighted by atomic mass is 16.6. The van der Waals surface area contributed by atoms with E-state index in [2.05, 4.69) is 20.8 Å². The summed E-state index contributed by atoms with van der Waals surface area (Å²) >= 11 is 0. The molecule has 3 nitrogen and oxygen atoms in total. The third-order valence-corrected chi connectivity index (χ3v) is 4.46. The van der Waals surface area contributed by atoms with E-state index in [0.717, 1.165) is 29.9 Å². The minimum absolute atomic E-state index is 0.182. The van der Waals surface area contributed by atoms with E-state index in [1.165, 1.54) is 0 Å². The third-order valence-electron chi connectivity index (χ3n) is 4.46. The van der Waals surface area contributed by atoms with Gasteiger partial charge in [0, 0.05) is 0 Å². The topological polar surface area (TPSA) is 38.7 Å². The first kappa shape index (κ1) is 12.8. The minimum atomic E-state index is -0.751. The number of rotatable bonds is 1. The van der Waals surface area contributed by atoms with Gasteiger partial charge in [-0.25, -0.2) is 0 Å². The fourth-order valence-corrected chi connectivity index (χ4v) is 3.67. The Morgan fingerprint density at radius 2 is 1.84 bits per heavy atom. The molecular weight excluding hydrogens is 240 g/mol. The second kappa shape index (κ2) is 4.14. The zero-order chi connectivity index (χ0) is 13.7. The molecule has 1 N–H and O–H groups in total. The molecule has 1 heterocycles. The van der Waals surface area contributed by atoms with Crippen molar-refractivity contribution < 1.29 is 14.6 Å². The highest BCUT2D eigenvalue weighted by molar-refractivity contribution is 5.46. The summed E-state index contributed by atoms with van der Waals surface area (Å²) in [6.07, 6.45) is 1.83. The lowest BCUT2D eigenvalue weighted by molar-refractivity contribution is -0.00126. The SMILES string of the molecule is CC1CC(C)(C)CC1(O)c1ccc2c(c1)OCCO2. The van der Waals surface area contributed by atoms with E-state index in [9.17, 15) is 5.11 Å². The molecule has 0 radical (unpaired) electrons. The van der Waals surface area contributed by atoms with Crippen molar-refractivity contribution in [1.82, 2.24) is 0 Å². The van der Waals surface area contributed by atoms with Crippen LogP contribution in [0.15, 0.2) is 18.2 Å². The highest BCUT2D eigenvalue weighted by Gasteiger charge is 2.48. The lowest BCUT2D eigenvalue weighted by Crippen LogP contribution is -2.29.